The Hall–Kier alpha value is -2.50. The van der Waals surface area contributed by atoms with E-state index in [2.05, 4.69) is 10.2 Å². The molecule has 1 aromatic carbocycles. The first-order valence-electron chi connectivity index (χ1n) is 4.45. The smallest absolute Gasteiger partial charge is 0.270 e. The summed E-state index contributed by atoms with van der Waals surface area (Å²) < 4.78 is 0. The van der Waals surface area contributed by atoms with Crippen LogP contribution in [-0.2, 0) is 0 Å². The molecule has 0 aliphatic carbocycles. The molecule has 0 atom stereocenters. The third kappa shape index (κ3) is 1.68. The quantitative estimate of drug-likeness (QED) is 0.482. The molecule has 0 aliphatic rings. The molecule has 2 rings (SSSR count). The number of rotatable bonds is 3. The van der Waals surface area contributed by atoms with Crippen molar-refractivity contribution in [2.75, 3.05) is 0 Å². The summed E-state index contributed by atoms with van der Waals surface area (Å²) in [5.41, 5.74) is 1.40. The fraction of sp³-hybridized carbons (Fsp3) is 0. The molecule has 16 heavy (non-hydrogen) atoms. The number of nitro groups is 1. The van der Waals surface area contributed by atoms with Crippen molar-refractivity contribution in [2.45, 2.75) is 0 Å². The second-order valence-electron chi connectivity index (χ2n) is 3.13. The van der Waals surface area contributed by atoms with Crippen molar-refractivity contribution in [3.63, 3.8) is 0 Å². The summed E-state index contributed by atoms with van der Waals surface area (Å²) in [5.74, 6) is 0. The van der Waals surface area contributed by atoms with E-state index in [0.717, 1.165) is 0 Å². The lowest BCUT2D eigenvalue weighted by molar-refractivity contribution is -0.384. The van der Waals surface area contributed by atoms with Gasteiger partial charge in [-0.3, -0.25) is 20.0 Å². The third-order valence-electron chi connectivity index (χ3n) is 2.14. The average molecular weight is 217 g/mol. The van der Waals surface area contributed by atoms with Gasteiger partial charge in [-0.25, -0.2) is 0 Å². The molecular weight excluding hydrogens is 210 g/mol. The molecule has 80 valence electrons. The lowest BCUT2D eigenvalue weighted by atomic mass is 10.1. The van der Waals surface area contributed by atoms with Gasteiger partial charge in [0.1, 0.15) is 0 Å². The normalized spacial score (nSPS) is 10.0. The Morgan fingerprint density at radius 1 is 1.44 bits per heavy atom. The van der Waals surface area contributed by atoms with Crippen molar-refractivity contribution in [2.24, 2.45) is 0 Å². The monoisotopic (exact) mass is 217 g/mol. The largest absolute Gasteiger partial charge is 0.298 e. The number of non-ortho nitro benzene ring substituents is 1. The first kappa shape index (κ1) is 10.0. The van der Waals surface area contributed by atoms with Gasteiger partial charge >= 0.3 is 0 Å². The molecule has 1 heterocycles. The van der Waals surface area contributed by atoms with Crippen LogP contribution in [0.2, 0.25) is 0 Å². The standard InChI is InChI=1S/C10H7N3O3/c14-6-8-5-11-12-10(8)7-2-1-3-9(4-7)13(15)16/h1-6H,(H,11,12). The topological polar surface area (TPSA) is 88.9 Å². The van der Waals surface area contributed by atoms with Gasteiger partial charge in [0.15, 0.2) is 6.29 Å². The van der Waals surface area contributed by atoms with E-state index in [1.54, 1.807) is 12.1 Å². The number of carbonyl (C=O) groups excluding carboxylic acids is 1. The summed E-state index contributed by atoms with van der Waals surface area (Å²) in [4.78, 5) is 20.8. The van der Waals surface area contributed by atoms with Crippen molar-refractivity contribution in [1.29, 1.82) is 0 Å². The number of hydrogen-bond donors (Lipinski definition) is 1. The Kier molecular flexibility index (Phi) is 2.47. The number of aldehydes is 1. The minimum Gasteiger partial charge on any atom is -0.298 e. The third-order valence-corrected chi connectivity index (χ3v) is 2.14. The van der Waals surface area contributed by atoms with Gasteiger partial charge in [-0.05, 0) is 0 Å². The minimum atomic E-state index is -0.486. The van der Waals surface area contributed by atoms with Gasteiger partial charge in [-0.2, -0.15) is 5.10 Å². The number of aromatic nitrogens is 2. The maximum Gasteiger partial charge on any atom is 0.270 e. The van der Waals surface area contributed by atoms with Crippen molar-refractivity contribution in [3.8, 4) is 11.3 Å². The summed E-state index contributed by atoms with van der Waals surface area (Å²) in [6, 6.07) is 6.01. The maximum atomic E-state index is 10.7. The Morgan fingerprint density at radius 3 is 2.94 bits per heavy atom. The zero-order valence-electron chi connectivity index (χ0n) is 8.08. The zero-order chi connectivity index (χ0) is 11.5. The Labute approximate surface area is 90.1 Å². The molecule has 0 aliphatic heterocycles. The fourth-order valence-electron chi connectivity index (χ4n) is 1.39. The SMILES string of the molecule is O=Cc1cn[nH]c1-c1cccc([N+](=O)[O-])c1. The molecule has 6 heteroatoms. The summed E-state index contributed by atoms with van der Waals surface area (Å²) in [6.45, 7) is 0. The van der Waals surface area contributed by atoms with Gasteiger partial charge in [0.2, 0.25) is 0 Å². The molecule has 1 N–H and O–H groups in total. The number of nitro benzene ring substituents is 1. The van der Waals surface area contributed by atoms with Crippen LogP contribution in [0.3, 0.4) is 0 Å². The van der Waals surface area contributed by atoms with E-state index in [1.165, 1.54) is 18.3 Å². The second-order valence-corrected chi connectivity index (χ2v) is 3.13. The highest BCUT2D eigenvalue weighted by Crippen LogP contribution is 2.23. The first-order valence-corrected chi connectivity index (χ1v) is 4.45. The van der Waals surface area contributed by atoms with Crippen molar-refractivity contribution in [1.82, 2.24) is 10.2 Å². The number of hydrogen-bond acceptors (Lipinski definition) is 4. The van der Waals surface area contributed by atoms with Crippen LogP contribution < -0.4 is 0 Å². The zero-order valence-corrected chi connectivity index (χ0v) is 8.08. The van der Waals surface area contributed by atoms with Gasteiger partial charge in [0.05, 0.1) is 22.4 Å². The molecule has 0 saturated heterocycles. The van der Waals surface area contributed by atoms with E-state index in [0.29, 0.717) is 23.1 Å². The molecule has 6 nitrogen and oxygen atoms in total. The lowest BCUT2D eigenvalue weighted by Crippen LogP contribution is -1.89. The van der Waals surface area contributed by atoms with Crippen LogP contribution in [0.25, 0.3) is 11.3 Å². The van der Waals surface area contributed by atoms with E-state index in [4.69, 9.17) is 0 Å². The van der Waals surface area contributed by atoms with Gasteiger partial charge in [0, 0.05) is 17.7 Å². The van der Waals surface area contributed by atoms with Crippen LogP contribution in [0.5, 0.6) is 0 Å². The van der Waals surface area contributed by atoms with Crippen molar-refractivity contribution in [3.05, 3.63) is 46.1 Å². The highest BCUT2D eigenvalue weighted by Gasteiger charge is 2.11. The van der Waals surface area contributed by atoms with Crippen LogP contribution in [0.4, 0.5) is 5.69 Å². The Morgan fingerprint density at radius 2 is 2.25 bits per heavy atom. The number of nitrogens with zero attached hydrogens (tertiary/aromatic N) is 2. The molecular formula is C10H7N3O3. The second kappa shape index (κ2) is 3.93. The molecule has 0 unspecified atom stereocenters. The van der Waals surface area contributed by atoms with Crippen LogP contribution in [0.15, 0.2) is 30.5 Å². The highest BCUT2D eigenvalue weighted by molar-refractivity contribution is 5.85. The number of H-pyrrole nitrogens is 1. The van der Waals surface area contributed by atoms with E-state index in [1.807, 2.05) is 0 Å². The number of benzene rings is 1. The van der Waals surface area contributed by atoms with Gasteiger partial charge in [-0.1, -0.05) is 12.1 Å². The fourth-order valence-corrected chi connectivity index (χ4v) is 1.39. The van der Waals surface area contributed by atoms with Crippen molar-refractivity contribution < 1.29 is 9.72 Å². The maximum absolute atomic E-state index is 10.7. The molecule has 0 saturated carbocycles. The highest BCUT2D eigenvalue weighted by atomic mass is 16.6. The average Bonchev–Trinajstić information content (AvgIpc) is 2.77. The molecule has 0 fully saturated rings. The van der Waals surface area contributed by atoms with Gasteiger partial charge in [-0.15, -0.1) is 0 Å². The van der Waals surface area contributed by atoms with Crippen LogP contribution >= 0.6 is 0 Å². The van der Waals surface area contributed by atoms with Crippen molar-refractivity contribution >= 4 is 12.0 Å². The molecule has 1 aromatic heterocycles. The predicted molar refractivity (Wildman–Crippen MR) is 56.1 cm³/mol. The number of aromatic amines is 1. The first-order chi connectivity index (χ1) is 7.72. The summed E-state index contributed by atoms with van der Waals surface area (Å²) in [5, 5.41) is 16.9. The van der Waals surface area contributed by atoms with E-state index < -0.39 is 4.92 Å². The molecule has 0 radical (unpaired) electrons. The molecule has 0 bridgehead atoms. The Balaban J connectivity index is 2.52. The molecule has 0 amide bonds. The lowest BCUT2D eigenvalue weighted by Gasteiger charge is -1.98. The summed E-state index contributed by atoms with van der Waals surface area (Å²) in [7, 11) is 0. The number of nitrogens with one attached hydrogen (secondary N) is 1. The Bertz CT molecular complexity index is 548. The van der Waals surface area contributed by atoms with E-state index in [-0.39, 0.29) is 5.69 Å². The summed E-state index contributed by atoms with van der Waals surface area (Å²) in [6.07, 6.45) is 2.03. The number of carbonyl (C=O) groups is 1. The van der Waals surface area contributed by atoms with Gasteiger partial charge in [0.25, 0.3) is 5.69 Å². The van der Waals surface area contributed by atoms with Gasteiger partial charge < -0.3 is 0 Å². The molecule has 0 spiro atoms. The minimum absolute atomic E-state index is 0.0241. The van der Waals surface area contributed by atoms with E-state index in [9.17, 15) is 14.9 Å². The molecule has 2 aromatic rings. The van der Waals surface area contributed by atoms with E-state index >= 15 is 0 Å². The van der Waals surface area contributed by atoms with Crippen LogP contribution in [0, 0.1) is 10.1 Å². The van der Waals surface area contributed by atoms with Crippen LogP contribution in [-0.4, -0.2) is 21.4 Å². The predicted octanol–water partition coefficient (Wildman–Crippen LogP) is 1.80. The summed E-state index contributed by atoms with van der Waals surface area (Å²) >= 11 is 0. The van der Waals surface area contributed by atoms with Crippen LogP contribution in [0.1, 0.15) is 10.4 Å².